The first-order valence-corrected chi connectivity index (χ1v) is 7.88. The molecule has 2 aromatic rings. The number of hydrogen-bond donors (Lipinski definition) is 1. The second-order valence-corrected chi connectivity index (χ2v) is 6.03. The summed E-state index contributed by atoms with van der Waals surface area (Å²) < 4.78 is 5.97. The van der Waals surface area contributed by atoms with Gasteiger partial charge in [-0.05, 0) is 48.7 Å². The van der Waals surface area contributed by atoms with Crippen LogP contribution < -0.4 is 5.32 Å². The van der Waals surface area contributed by atoms with E-state index in [0.29, 0.717) is 5.92 Å². The van der Waals surface area contributed by atoms with Crippen molar-refractivity contribution in [2.75, 3.05) is 13.6 Å². The molecule has 2 heteroatoms. The molecule has 1 aliphatic heterocycles. The van der Waals surface area contributed by atoms with Gasteiger partial charge in [0.05, 0.1) is 0 Å². The lowest BCUT2D eigenvalue weighted by molar-refractivity contribution is 0.372. The van der Waals surface area contributed by atoms with Crippen molar-refractivity contribution in [1.82, 2.24) is 5.32 Å². The second kappa shape index (κ2) is 5.28. The van der Waals surface area contributed by atoms with E-state index in [2.05, 4.69) is 53.8 Å². The molecule has 0 aromatic heterocycles. The summed E-state index contributed by atoms with van der Waals surface area (Å²) in [4.78, 5) is 0. The molecule has 0 saturated carbocycles. The van der Waals surface area contributed by atoms with Crippen molar-refractivity contribution in [3.8, 4) is 0 Å². The number of benzene rings is 2. The normalized spacial score (nSPS) is 25.5. The lowest BCUT2D eigenvalue weighted by Crippen LogP contribution is -2.11. The van der Waals surface area contributed by atoms with Gasteiger partial charge >= 0.3 is 0 Å². The molecule has 1 heterocycles. The van der Waals surface area contributed by atoms with Crippen LogP contribution in [0.15, 0.2) is 48.5 Å². The molecule has 1 N–H and O–H groups in total. The smallest absolute Gasteiger partial charge is 0.114 e. The van der Waals surface area contributed by atoms with E-state index in [0.717, 1.165) is 6.54 Å². The topological polar surface area (TPSA) is 24.6 Å². The van der Waals surface area contributed by atoms with Gasteiger partial charge in [0.1, 0.15) is 12.2 Å². The van der Waals surface area contributed by atoms with Crippen molar-refractivity contribution >= 4 is 0 Å². The third-order valence-electron chi connectivity index (χ3n) is 4.77. The van der Waals surface area contributed by atoms with Crippen LogP contribution in [0.4, 0.5) is 0 Å². The van der Waals surface area contributed by atoms with Gasteiger partial charge in [-0.2, -0.15) is 0 Å². The first-order valence-electron chi connectivity index (χ1n) is 7.88. The van der Waals surface area contributed by atoms with E-state index in [-0.39, 0.29) is 12.2 Å². The Morgan fingerprint density at radius 2 is 1.38 bits per heavy atom. The summed E-state index contributed by atoms with van der Waals surface area (Å²) in [5, 5.41) is 3.26. The summed E-state index contributed by atoms with van der Waals surface area (Å²) >= 11 is 0. The zero-order valence-corrected chi connectivity index (χ0v) is 12.4. The van der Waals surface area contributed by atoms with Crippen LogP contribution in [0.25, 0.3) is 0 Å². The van der Waals surface area contributed by atoms with Crippen LogP contribution >= 0.6 is 0 Å². The molecule has 1 saturated heterocycles. The van der Waals surface area contributed by atoms with Crippen molar-refractivity contribution in [2.45, 2.75) is 31.0 Å². The Balaban J connectivity index is 1.79. The number of fused-ring (bicyclic) bond motifs is 5. The van der Waals surface area contributed by atoms with Gasteiger partial charge in [0.2, 0.25) is 0 Å². The molecule has 2 aliphatic rings. The average molecular weight is 279 g/mol. The van der Waals surface area contributed by atoms with Crippen LogP contribution in [-0.2, 0) is 4.74 Å². The van der Waals surface area contributed by atoms with Gasteiger partial charge in [-0.1, -0.05) is 48.5 Å². The summed E-state index contributed by atoms with van der Waals surface area (Å²) in [5.41, 5.74) is 5.72. The van der Waals surface area contributed by atoms with Crippen LogP contribution in [0, 0.1) is 0 Å². The molecule has 108 valence electrons. The average Bonchev–Trinajstić information content (AvgIpc) is 3.32. The number of rotatable bonds is 4. The van der Waals surface area contributed by atoms with Gasteiger partial charge in [0, 0.05) is 5.92 Å². The van der Waals surface area contributed by atoms with E-state index in [4.69, 9.17) is 4.74 Å². The third kappa shape index (κ3) is 2.19. The molecule has 1 fully saturated rings. The van der Waals surface area contributed by atoms with Crippen LogP contribution in [0.3, 0.4) is 0 Å². The zero-order valence-electron chi connectivity index (χ0n) is 12.4. The highest BCUT2D eigenvalue weighted by Gasteiger charge is 2.47. The molecule has 2 aromatic carbocycles. The maximum atomic E-state index is 5.97. The fraction of sp³-hybridized carbons (Fsp3) is 0.368. The van der Waals surface area contributed by atoms with Crippen LogP contribution in [0.5, 0.6) is 0 Å². The second-order valence-electron chi connectivity index (χ2n) is 6.03. The Morgan fingerprint density at radius 1 is 0.857 bits per heavy atom. The quantitative estimate of drug-likeness (QED) is 0.677. The lowest BCUT2D eigenvalue weighted by atomic mass is 9.84. The summed E-state index contributed by atoms with van der Waals surface area (Å²) in [6, 6.07) is 17.7. The number of epoxide rings is 1. The Hall–Kier alpha value is -1.64. The van der Waals surface area contributed by atoms with Crippen molar-refractivity contribution < 1.29 is 4.74 Å². The SMILES string of the molecule is CNCCCC1c2ccccc2C2OC2c2ccccc21. The molecule has 0 amide bonds. The largest absolute Gasteiger partial charge is 0.359 e. The highest BCUT2D eigenvalue weighted by Crippen LogP contribution is 2.57. The van der Waals surface area contributed by atoms with Crippen molar-refractivity contribution in [3.05, 3.63) is 70.8 Å². The molecule has 0 spiro atoms. The molecule has 2 nitrogen and oxygen atoms in total. The fourth-order valence-corrected chi connectivity index (χ4v) is 3.72. The predicted molar refractivity (Wildman–Crippen MR) is 84.5 cm³/mol. The monoisotopic (exact) mass is 279 g/mol. The van der Waals surface area contributed by atoms with Crippen LogP contribution in [0.1, 0.15) is 53.2 Å². The minimum atomic E-state index is 0.275. The first-order chi connectivity index (χ1) is 10.4. The fourth-order valence-electron chi connectivity index (χ4n) is 3.72. The van der Waals surface area contributed by atoms with E-state index in [1.165, 1.54) is 35.1 Å². The minimum Gasteiger partial charge on any atom is -0.359 e. The first kappa shape index (κ1) is 13.1. The number of nitrogens with one attached hydrogen (secondary N) is 1. The van der Waals surface area contributed by atoms with E-state index in [1.54, 1.807) is 0 Å². The zero-order chi connectivity index (χ0) is 14.2. The predicted octanol–water partition coefficient (Wildman–Crippen LogP) is 3.94. The van der Waals surface area contributed by atoms with Gasteiger partial charge in [-0.3, -0.25) is 0 Å². The molecule has 1 aliphatic carbocycles. The standard InChI is InChI=1S/C19H21NO/c1-20-12-6-11-13-14-7-2-4-9-16(14)18-19(21-18)17-10-5-3-8-15(13)17/h2-5,7-10,13,18-20H,6,11-12H2,1H3. The Kier molecular flexibility index (Phi) is 3.28. The van der Waals surface area contributed by atoms with Crippen LogP contribution in [-0.4, -0.2) is 13.6 Å². The van der Waals surface area contributed by atoms with E-state index < -0.39 is 0 Å². The van der Waals surface area contributed by atoms with Crippen molar-refractivity contribution in [2.24, 2.45) is 0 Å². The summed E-state index contributed by atoms with van der Waals surface area (Å²) in [6.45, 7) is 1.07. The molecule has 0 bridgehead atoms. The van der Waals surface area contributed by atoms with Gasteiger partial charge in [-0.25, -0.2) is 0 Å². The van der Waals surface area contributed by atoms with Gasteiger partial charge < -0.3 is 10.1 Å². The van der Waals surface area contributed by atoms with Crippen molar-refractivity contribution in [3.63, 3.8) is 0 Å². The van der Waals surface area contributed by atoms with Gasteiger partial charge in [-0.15, -0.1) is 0 Å². The Bertz CT molecular complexity index is 600. The summed E-state index contributed by atoms with van der Waals surface area (Å²) in [7, 11) is 2.03. The molecule has 2 atom stereocenters. The molecular formula is C19H21NO. The molecule has 4 rings (SSSR count). The summed E-state index contributed by atoms with van der Waals surface area (Å²) in [6.07, 6.45) is 2.93. The highest BCUT2D eigenvalue weighted by molar-refractivity contribution is 5.49. The molecule has 21 heavy (non-hydrogen) atoms. The number of ether oxygens (including phenoxy) is 1. The summed E-state index contributed by atoms with van der Waals surface area (Å²) in [5.74, 6) is 0.502. The Labute approximate surface area is 126 Å². The maximum absolute atomic E-state index is 5.97. The molecule has 0 radical (unpaired) electrons. The maximum Gasteiger partial charge on any atom is 0.114 e. The molecule has 2 unspecified atom stereocenters. The van der Waals surface area contributed by atoms with Gasteiger partial charge in [0.25, 0.3) is 0 Å². The van der Waals surface area contributed by atoms with Crippen LogP contribution in [0.2, 0.25) is 0 Å². The van der Waals surface area contributed by atoms with Gasteiger partial charge in [0.15, 0.2) is 0 Å². The van der Waals surface area contributed by atoms with E-state index in [1.807, 2.05) is 7.05 Å². The van der Waals surface area contributed by atoms with E-state index in [9.17, 15) is 0 Å². The third-order valence-corrected chi connectivity index (χ3v) is 4.77. The Morgan fingerprint density at radius 3 is 1.90 bits per heavy atom. The number of hydrogen-bond acceptors (Lipinski definition) is 2. The van der Waals surface area contributed by atoms with E-state index >= 15 is 0 Å². The van der Waals surface area contributed by atoms with Crippen molar-refractivity contribution in [1.29, 1.82) is 0 Å². The highest BCUT2D eigenvalue weighted by atomic mass is 16.6. The lowest BCUT2D eigenvalue weighted by Gasteiger charge is -2.21. The minimum absolute atomic E-state index is 0.275. The molecular weight excluding hydrogens is 258 g/mol.